The standard InChI is InChI=1S/C15H26N4OS/c1-11(2)19(8-13-6-4-5-7-16-13)9-14(20)18-15-17-12(3)10-21-15/h10-11,13,16H,4-9H2,1-3H3,(H,17,18,20). The summed E-state index contributed by atoms with van der Waals surface area (Å²) in [5.74, 6) is 0.0221. The Labute approximate surface area is 131 Å². The van der Waals surface area contributed by atoms with Gasteiger partial charge in [-0.15, -0.1) is 11.3 Å². The van der Waals surface area contributed by atoms with Crippen molar-refractivity contribution in [3.8, 4) is 0 Å². The van der Waals surface area contributed by atoms with Gasteiger partial charge < -0.3 is 10.6 Å². The first-order valence-electron chi connectivity index (χ1n) is 7.74. The number of piperidine rings is 1. The fraction of sp³-hybridized carbons (Fsp3) is 0.733. The molecule has 1 aliphatic rings. The summed E-state index contributed by atoms with van der Waals surface area (Å²) in [7, 11) is 0. The molecule has 2 N–H and O–H groups in total. The lowest BCUT2D eigenvalue weighted by molar-refractivity contribution is -0.117. The average molecular weight is 310 g/mol. The van der Waals surface area contributed by atoms with E-state index in [1.165, 1.54) is 30.6 Å². The first-order chi connectivity index (χ1) is 10.0. The second kappa shape index (κ2) is 7.87. The van der Waals surface area contributed by atoms with Crippen molar-refractivity contribution in [1.29, 1.82) is 0 Å². The van der Waals surface area contributed by atoms with Crippen molar-refractivity contribution in [2.24, 2.45) is 0 Å². The van der Waals surface area contributed by atoms with E-state index in [1.807, 2.05) is 12.3 Å². The summed E-state index contributed by atoms with van der Waals surface area (Å²) < 4.78 is 0. The third-order valence-corrected chi connectivity index (χ3v) is 4.69. The van der Waals surface area contributed by atoms with Crippen LogP contribution in [0, 0.1) is 6.92 Å². The molecule has 0 aliphatic carbocycles. The third-order valence-electron chi connectivity index (χ3n) is 3.81. The smallest absolute Gasteiger partial charge is 0.240 e. The molecule has 6 heteroatoms. The fourth-order valence-electron chi connectivity index (χ4n) is 2.58. The van der Waals surface area contributed by atoms with E-state index in [9.17, 15) is 4.79 Å². The largest absolute Gasteiger partial charge is 0.313 e. The minimum Gasteiger partial charge on any atom is -0.313 e. The van der Waals surface area contributed by atoms with E-state index in [1.54, 1.807) is 0 Å². The molecule has 118 valence electrons. The molecule has 1 atom stereocenters. The molecule has 1 saturated heterocycles. The van der Waals surface area contributed by atoms with Crippen LogP contribution in [0.3, 0.4) is 0 Å². The predicted molar refractivity (Wildman–Crippen MR) is 87.8 cm³/mol. The quantitative estimate of drug-likeness (QED) is 0.846. The van der Waals surface area contributed by atoms with E-state index in [-0.39, 0.29) is 5.91 Å². The van der Waals surface area contributed by atoms with E-state index >= 15 is 0 Å². The van der Waals surface area contributed by atoms with Crippen LogP contribution < -0.4 is 10.6 Å². The number of anilines is 1. The summed E-state index contributed by atoms with van der Waals surface area (Å²) in [5.41, 5.74) is 0.947. The van der Waals surface area contributed by atoms with E-state index in [2.05, 4.69) is 34.4 Å². The molecule has 1 unspecified atom stereocenters. The van der Waals surface area contributed by atoms with Gasteiger partial charge in [0.05, 0.1) is 12.2 Å². The fourth-order valence-corrected chi connectivity index (χ4v) is 3.28. The number of nitrogens with zero attached hydrogens (tertiary/aromatic N) is 2. The maximum atomic E-state index is 12.2. The number of aromatic nitrogens is 1. The van der Waals surface area contributed by atoms with Crippen LogP contribution in [0.1, 0.15) is 38.8 Å². The zero-order chi connectivity index (χ0) is 15.2. The predicted octanol–water partition coefficient (Wildman–Crippen LogP) is 2.24. The number of thiazole rings is 1. The molecule has 0 radical (unpaired) electrons. The van der Waals surface area contributed by atoms with Gasteiger partial charge in [-0.05, 0) is 40.2 Å². The number of hydrogen-bond donors (Lipinski definition) is 2. The van der Waals surface area contributed by atoms with Crippen LogP contribution in [0.5, 0.6) is 0 Å². The van der Waals surface area contributed by atoms with Gasteiger partial charge in [-0.25, -0.2) is 4.98 Å². The van der Waals surface area contributed by atoms with Crippen molar-refractivity contribution in [3.63, 3.8) is 0 Å². The number of rotatable bonds is 6. The molecule has 0 spiro atoms. The van der Waals surface area contributed by atoms with Gasteiger partial charge in [0.2, 0.25) is 5.91 Å². The first-order valence-corrected chi connectivity index (χ1v) is 8.62. The van der Waals surface area contributed by atoms with Gasteiger partial charge >= 0.3 is 0 Å². The zero-order valence-electron chi connectivity index (χ0n) is 13.2. The van der Waals surface area contributed by atoms with Crippen LogP contribution in [-0.4, -0.2) is 47.5 Å². The van der Waals surface area contributed by atoms with E-state index in [4.69, 9.17) is 0 Å². The highest BCUT2D eigenvalue weighted by Gasteiger charge is 2.20. The van der Waals surface area contributed by atoms with E-state index < -0.39 is 0 Å². The van der Waals surface area contributed by atoms with Crippen LogP contribution in [0.4, 0.5) is 5.13 Å². The Morgan fingerprint density at radius 1 is 1.57 bits per heavy atom. The number of carbonyl (C=O) groups is 1. The van der Waals surface area contributed by atoms with Crippen molar-refractivity contribution < 1.29 is 4.79 Å². The maximum Gasteiger partial charge on any atom is 0.240 e. The summed E-state index contributed by atoms with van der Waals surface area (Å²) in [4.78, 5) is 18.7. The summed E-state index contributed by atoms with van der Waals surface area (Å²) in [6, 6.07) is 0.869. The summed E-state index contributed by atoms with van der Waals surface area (Å²) >= 11 is 1.48. The third kappa shape index (κ3) is 5.37. The Hall–Kier alpha value is -0.980. The number of nitrogens with one attached hydrogen (secondary N) is 2. The maximum absolute atomic E-state index is 12.2. The van der Waals surface area contributed by atoms with Crippen LogP contribution in [0.25, 0.3) is 0 Å². The molecule has 2 heterocycles. The summed E-state index contributed by atoms with van der Waals surface area (Å²) in [6.07, 6.45) is 3.76. The highest BCUT2D eigenvalue weighted by atomic mass is 32.1. The second-order valence-corrected chi connectivity index (χ2v) is 6.87. The molecule has 0 saturated carbocycles. The molecule has 1 aromatic rings. The minimum absolute atomic E-state index is 0.0221. The second-order valence-electron chi connectivity index (χ2n) is 6.01. The normalized spacial score (nSPS) is 19.2. The van der Waals surface area contributed by atoms with Crippen LogP contribution >= 0.6 is 11.3 Å². The molecule has 21 heavy (non-hydrogen) atoms. The topological polar surface area (TPSA) is 57.3 Å². The van der Waals surface area contributed by atoms with E-state index in [0.717, 1.165) is 18.8 Å². The Bertz CT molecular complexity index is 454. The van der Waals surface area contributed by atoms with Crippen molar-refractivity contribution in [1.82, 2.24) is 15.2 Å². The molecular formula is C15H26N4OS. The molecule has 0 aromatic carbocycles. The first kappa shape index (κ1) is 16.4. The molecule has 5 nitrogen and oxygen atoms in total. The summed E-state index contributed by atoms with van der Waals surface area (Å²) in [5, 5.41) is 9.08. The van der Waals surface area contributed by atoms with E-state index in [0.29, 0.717) is 23.8 Å². The number of aryl methyl sites for hydroxylation is 1. The SMILES string of the molecule is Cc1csc(NC(=O)CN(CC2CCCCN2)C(C)C)n1. The molecule has 2 rings (SSSR count). The Kier molecular flexibility index (Phi) is 6.14. The van der Waals surface area contributed by atoms with Gasteiger partial charge in [0.1, 0.15) is 0 Å². The Morgan fingerprint density at radius 3 is 2.95 bits per heavy atom. The molecule has 0 bridgehead atoms. The van der Waals surface area contributed by atoms with Crippen LogP contribution in [0.2, 0.25) is 0 Å². The number of amides is 1. The highest BCUT2D eigenvalue weighted by molar-refractivity contribution is 7.13. The zero-order valence-corrected chi connectivity index (χ0v) is 14.0. The van der Waals surface area contributed by atoms with Gasteiger partial charge in [0.15, 0.2) is 5.13 Å². The van der Waals surface area contributed by atoms with Gasteiger partial charge in [-0.2, -0.15) is 0 Å². The lowest BCUT2D eigenvalue weighted by atomic mass is 10.0. The molecule has 1 aromatic heterocycles. The van der Waals surface area contributed by atoms with Crippen LogP contribution in [0.15, 0.2) is 5.38 Å². The van der Waals surface area contributed by atoms with Crippen molar-refractivity contribution in [2.75, 3.05) is 25.0 Å². The van der Waals surface area contributed by atoms with Gasteiger partial charge in [-0.1, -0.05) is 6.42 Å². The average Bonchev–Trinajstić information content (AvgIpc) is 2.84. The number of hydrogen-bond acceptors (Lipinski definition) is 5. The van der Waals surface area contributed by atoms with Gasteiger partial charge in [0, 0.05) is 24.0 Å². The van der Waals surface area contributed by atoms with Gasteiger partial charge in [-0.3, -0.25) is 9.69 Å². The van der Waals surface area contributed by atoms with Crippen molar-refractivity contribution in [2.45, 2.75) is 52.1 Å². The Balaban J connectivity index is 1.84. The number of carbonyl (C=O) groups excluding carboxylic acids is 1. The molecule has 1 amide bonds. The molecule has 1 fully saturated rings. The van der Waals surface area contributed by atoms with Gasteiger partial charge in [0.25, 0.3) is 0 Å². The molecule has 1 aliphatic heterocycles. The van der Waals surface area contributed by atoms with Crippen molar-refractivity contribution >= 4 is 22.4 Å². The highest BCUT2D eigenvalue weighted by Crippen LogP contribution is 2.15. The monoisotopic (exact) mass is 310 g/mol. The van der Waals surface area contributed by atoms with Crippen LogP contribution in [-0.2, 0) is 4.79 Å². The summed E-state index contributed by atoms with van der Waals surface area (Å²) in [6.45, 7) is 8.67. The minimum atomic E-state index is 0.0221. The lowest BCUT2D eigenvalue weighted by Gasteiger charge is -2.32. The Morgan fingerprint density at radius 2 is 2.38 bits per heavy atom. The lowest BCUT2D eigenvalue weighted by Crippen LogP contribution is -2.48. The van der Waals surface area contributed by atoms with Crippen molar-refractivity contribution in [3.05, 3.63) is 11.1 Å². The molecular weight excluding hydrogens is 284 g/mol.